The van der Waals surface area contributed by atoms with Crippen LogP contribution in [0.25, 0.3) is 22.1 Å². The highest BCUT2D eigenvalue weighted by Crippen LogP contribution is 2.34. The minimum atomic E-state index is -0.126. The molecule has 0 spiro atoms. The van der Waals surface area contributed by atoms with Crippen LogP contribution in [0.2, 0.25) is 0 Å². The number of esters is 1. The summed E-state index contributed by atoms with van der Waals surface area (Å²) in [6.45, 7) is 5.58. The second-order valence-electron chi connectivity index (χ2n) is 6.41. The summed E-state index contributed by atoms with van der Waals surface area (Å²) in [6.07, 6.45) is 1.77. The van der Waals surface area contributed by atoms with E-state index in [1.165, 1.54) is 0 Å². The molecule has 6 nitrogen and oxygen atoms in total. The Labute approximate surface area is 145 Å². The Hall–Kier alpha value is -2.63. The van der Waals surface area contributed by atoms with E-state index in [1.807, 2.05) is 38.1 Å². The molecule has 1 aliphatic rings. The number of carbonyl (C=O) groups is 1. The van der Waals surface area contributed by atoms with Gasteiger partial charge in [0.05, 0.1) is 12.5 Å². The van der Waals surface area contributed by atoms with Crippen LogP contribution in [0.1, 0.15) is 25.6 Å². The molecule has 1 fully saturated rings. The molecule has 2 aromatic heterocycles. The number of piperidine rings is 1. The number of aryl methyl sites for hydroxylation is 1. The Kier molecular flexibility index (Phi) is 4.03. The first-order chi connectivity index (χ1) is 12.2. The Balaban J connectivity index is 1.76. The Bertz CT molecular complexity index is 934. The molecule has 0 N–H and O–H groups in total. The fourth-order valence-corrected chi connectivity index (χ4v) is 3.52. The zero-order valence-corrected chi connectivity index (χ0v) is 14.5. The molecule has 0 saturated carbocycles. The van der Waals surface area contributed by atoms with Crippen LogP contribution in [0.5, 0.6) is 0 Å². The number of aromatic nitrogens is 2. The number of rotatable bonds is 3. The second kappa shape index (κ2) is 6.35. The molecule has 0 radical (unpaired) electrons. The van der Waals surface area contributed by atoms with Crippen LogP contribution in [0.15, 0.2) is 28.7 Å². The molecule has 0 amide bonds. The molecule has 4 rings (SSSR count). The number of para-hydroxylation sites is 1. The summed E-state index contributed by atoms with van der Waals surface area (Å²) in [5.74, 6) is 1.22. The second-order valence-corrected chi connectivity index (χ2v) is 6.41. The van der Waals surface area contributed by atoms with Gasteiger partial charge in [-0.3, -0.25) is 4.79 Å². The maximum Gasteiger partial charge on any atom is 0.310 e. The fraction of sp³-hybridized carbons (Fsp3) is 0.421. The number of furan rings is 1. The third-order valence-electron chi connectivity index (χ3n) is 4.65. The van der Waals surface area contributed by atoms with E-state index in [1.54, 1.807) is 0 Å². The number of nitrogens with zero attached hydrogens (tertiary/aromatic N) is 3. The van der Waals surface area contributed by atoms with Crippen molar-refractivity contribution in [1.82, 2.24) is 9.97 Å². The average Bonchev–Trinajstić information content (AvgIpc) is 3.00. The van der Waals surface area contributed by atoms with Crippen molar-refractivity contribution in [3.05, 3.63) is 30.1 Å². The fourth-order valence-electron chi connectivity index (χ4n) is 3.52. The average molecular weight is 339 g/mol. The summed E-state index contributed by atoms with van der Waals surface area (Å²) in [7, 11) is 0. The van der Waals surface area contributed by atoms with Gasteiger partial charge in [-0.1, -0.05) is 12.1 Å². The highest BCUT2D eigenvalue weighted by atomic mass is 16.5. The predicted molar refractivity (Wildman–Crippen MR) is 95.6 cm³/mol. The third kappa shape index (κ3) is 2.81. The lowest BCUT2D eigenvalue weighted by atomic mass is 9.98. The third-order valence-corrected chi connectivity index (χ3v) is 4.65. The van der Waals surface area contributed by atoms with Crippen molar-refractivity contribution < 1.29 is 13.9 Å². The van der Waals surface area contributed by atoms with Crippen molar-refractivity contribution in [3.8, 4) is 0 Å². The first-order valence-electron chi connectivity index (χ1n) is 8.75. The summed E-state index contributed by atoms with van der Waals surface area (Å²) in [5.41, 5.74) is 2.32. The molecule has 1 aromatic carbocycles. The largest absolute Gasteiger partial charge is 0.466 e. The number of benzene rings is 1. The lowest BCUT2D eigenvalue weighted by molar-refractivity contribution is -0.148. The van der Waals surface area contributed by atoms with Crippen molar-refractivity contribution >= 4 is 33.9 Å². The van der Waals surface area contributed by atoms with Crippen LogP contribution in [-0.2, 0) is 9.53 Å². The summed E-state index contributed by atoms with van der Waals surface area (Å²) in [6, 6.07) is 7.87. The van der Waals surface area contributed by atoms with E-state index in [9.17, 15) is 4.79 Å². The number of hydrogen-bond acceptors (Lipinski definition) is 6. The van der Waals surface area contributed by atoms with Gasteiger partial charge in [-0.15, -0.1) is 0 Å². The van der Waals surface area contributed by atoms with Crippen LogP contribution in [0.3, 0.4) is 0 Å². The van der Waals surface area contributed by atoms with Crippen LogP contribution in [-0.4, -0.2) is 35.6 Å². The molecule has 1 saturated heterocycles. The van der Waals surface area contributed by atoms with Gasteiger partial charge in [0.25, 0.3) is 0 Å². The molecule has 0 bridgehead atoms. The van der Waals surface area contributed by atoms with E-state index < -0.39 is 0 Å². The number of fused-ring (bicyclic) bond motifs is 3. The maximum absolute atomic E-state index is 12.1. The number of carbonyl (C=O) groups excluding carboxylic acids is 1. The first-order valence-corrected chi connectivity index (χ1v) is 8.75. The van der Waals surface area contributed by atoms with Gasteiger partial charge in [-0.05, 0) is 38.8 Å². The zero-order valence-electron chi connectivity index (χ0n) is 14.5. The van der Waals surface area contributed by atoms with E-state index in [-0.39, 0.29) is 11.9 Å². The summed E-state index contributed by atoms with van der Waals surface area (Å²) in [4.78, 5) is 23.5. The van der Waals surface area contributed by atoms with Crippen LogP contribution < -0.4 is 4.90 Å². The van der Waals surface area contributed by atoms with Gasteiger partial charge in [0.15, 0.2) is 11.4 Å². The molecule has 3 aromatic rings. The van der Waals surface area contributed by atoms with Gasteiger partial charge in [0.2, 0.25) is 0 Å². The zero-order chi connectivity index (χ0) is 17.4. The topological polar surface area (TPSA) is 68.5 Å². The predicted octanol–water partition coefficient (Wildman–Crippen LogP) is 3.46. The molecule has 6 heteroatoms. The van der Waals surface area contributed by atoms with Gasteiger partial charge in [-0.2, -0.15) is 0 Å². The van der Waals surface area contributed by atoms with E-state index in [0.717, 1.165) is 41.7 Å². The Morgan fingerprint density at radius 2 is 2.20 bits per heavy atom. The first kappa shape index (κ1) is 15.9. The summed E-state index contributed by atoms with van der Waals surface area (Å²) in [5, 5.41) is 0.989. The van der Waals surface area contributed by atoms with Crippen molar-refractivity contribution in [2.45, 2.75) is 26.7 Å². The molecule has 1 atom stereocenters. The molecular weight excluding hydrogens is 318 g/mol. The van der Waals surface area contributed by atoms with Gasteiger partial charge in [0, 0.05) is 18.5 Å². The Morgan fingerprint density at radius 3 is 3.04 bits per heavy atom. The normalized spacial score (nSPS) is 18.0. The van der Waals surface area contributed by atoms with Crippen molar-refractivity contribution in [2.75, 3.05) is 24.6 Å². The van der Waals surface area contributed by atoms with Gasteiger partial charge < -0.3 is 14.1 Å². The minimum absolute atomic E-state index is 0.122. The van der Waals surface area contributed by atoms with Gasteiger partial charge >= 0.3 is 5.97 Å². The summed E-state index contributed by atoms with van der Waals surface area (Å²) >= 11 is 0. The number of hydrogen-bond donors (Lipinski definition) is 0. The SMILES string of the molecule is CCOC(=O)[C@H]1CCCN(c2nc(C)nc3c2oc2ccccc23)C1. The molecule has 3 heterocycles. The van der Waals surface area contributed by atoms with Gasteiger partial charge in [0.1, 0.15) is 16.9 Å². The van der Waals surface area contributed by atoms with Crippen LogP contribution in [0.4, 0.5) is 5.82 Å². The molecule has 0 aliphatic carbocycles. The molecule has 25 heavy (non-hydrogen) atoms. The smallest absolute Gasteiger partial charge is 0.310 e. The number of ether oxygens (including phenoxy) is 1. The standard InChI is InChI=1S/C19H21N3O3/c1-3-24-19(23)13-7-6-10-22(11-13)18-17-16(20-12(2)21-18)14-8-4-5-9-15(14)25-17/h4-5,8-9,13H,3,6-7,10-11H2,1-2H3/t13-/m0/s1. The van der Waals surface area contributed by atoms with Gasteiger partial charge in [-0.25, -0.2) is 9.97 Å². The van der Waals surface area contributed by atoms with Crippen molar-refractivity contribution in [2.24, 2.45) is 5.92 Å². The maximum atomic E-state index is 12.1. The van der Waals surface area contributed by atoms with E-state index in [4.69, 9.17) is 9.15 Å². The lowest BCUT2D eigenvalue weighted by Gasteiger charge is -2.32. The number of anilines is 1. The molecule has 1 aliphatic heterocycles. The van der Waals surface area contributed by atoms with Crippen LogP contribution in [0, 0.1) is 12.8 Å². The van der Waals surface area contributed by atoms with Crippen LogP contribution >= 0.6 is 0 Å². The monoisotopic (exact) mass is 339 g/mol. The molecule has 130 valence electrons. The van der Waals surface area contributed by atoms with Crippen molar-refractivity contribution in [3.63, 3.8) is 0 Å². The lowest BCUT2D eigenvalue weighted by Crippen LogP contribution is -2.40. The molecule has 0 unspecified atom stereocenters. The summed E-state index contributed by atoms with van der Waals surface area (Å²) < 4.78 is 11.3. The van der Waals surface area contributed by atoms with E-state index in [0.29, 0.717) is 24.6 Å². The highest BCUT2D eigenvalue weighted by molar-refractivity contribution is 6.05. The van der Waals surface area contributed by atoms with E-state index in [2.05, 4.69) is 14.9 Å². The molecular formula is C19H21N3O3. The van der Waals surface area contributed by atoms with E-state index >= 15 is 0 Å². The quantitative estimate of drug-likeness (QED) is 0.681. The minimum Gasteiger partial charge on any atom is -0.466 e. The van der Waals surface area contributed by atoms with Crippen molar-refractivity contribution in [1.29, 1.82) is 0 Å². The highest BCUT2D eigenvalue weighted by Gasteiger charge is 2.29. The Morgan fingerprint density at radius 1 is 1.36 bits per heavy atom.